The van der Waals surface area contributed by atoms with Gasteiger partial charge in [-0.05, 0) is 6.08 Å². The molecule has 0 radical (unpaired) electrons. The van der Waals surface area contributed by atoms with Gasteiger partial charge in [-0.15, -0.1) is 4.52 Å². The molecule has 0 aromatic heterocycles. The summed E-state index contributed by atoms with van der Waals surface area (Å²) in [6.45, 7) is 0.683. The Labute approximate surface area is 71.2 Å². The van der Waals surface area contributed by atoms with Crippen molar-refractivity contribution >= 4 is 8.17 Å². The van der Waals surface area contributed by atoms with Crippen LogP contribution in [0, 0.1) is 0 Å². The first kappa shape index (κ1) is 9.89. The van der Waals surface area contributed by atoms with Crippen molar-refractivity contribution in [2.75, 3.05) is 20.3 Å². The third-order valence-electron chi connectivity index (χ3n) is 1.39. The molecule has 1 aliphatic heterocycles. The topological polar surface area (TPSA) is 68.2 Å². The third-order valence-corrected chi connectivity index (χ3v) is 2.33. The van der Waals surface area contributed by atoms with Crippen LogP contribution in [-0.4, -0.2) is 30.1 Å². The van der Waals surface area contributed by atoms with E-state index in [2.05, 4.69) is 9.05 Å². The van der Waals surface area contributed by atoms with Gasteiger partial charge < -0.3 is 4.74 Å². The van der Waals surface area contributed by atoms with Crippen LogP contribution >= 0.6 is 8.17 Å². The molecule has 0 bridgehead atoms. The highest BCUT2D eigenvalue weighted by Crippen LogP contribution is 2.51. The zero-order valence-electron chi connectivity index (χ0n) is 6.77. The molecule has 1 aliphatic rings. The highest BCUT2D eigenvalue weighted by molar-refractivity contribution is 7.54. The van der Waals surface area contributed by atoms with E-state index in [4.69, 9.17) is 14.5 Å². The quantitative estimate of drug-likeness (QED) is 0.643. The standard InChI is InChI=1S/C6H12O5P/c1-9-12(7,8)11-5-6-3-2-4-10-6/h3,7-8H,2,4-5H2,1H3/q+1. The molecule has 0 aliphatic carbocycles. The third kappa shape index (κ3) is 3.05. The van der Waals surface area contributed by atoms with Crippen LogP contribution in [0.25, 0.3) is 0 Å². The molecule has 0 spiro atoms. The van der Waals surface area contributed by atoms with E-state index in [9.17, 15) is 0 Å². The number of hydrogen-bond acceptors (Lipinski definition) is 5. The summed E-state index contributed by atoms with van der Waals surface area (Å²) in [5.41, 5.74) is 0. The van der Waals surface area contributed by atoms with Crippen LogP contribution in [-0.2, 0) is 13.8 Å². The van der Waals surface area contributed by atoms with Crippen molar-refractivity contribution in [3.63, 3.8) is 0 Å². The van der Waals surface area contributed by atoms with Gasteiger partial charge in [-0.2, -0.15) is 14.3 Å². The van der Waals surface area contributed by atoms with Crippen LogP contribution in [0.4, 0.5) is 0 Å². The summed E-state index contributed by atoms with van der Waals surface area (Å²) in [6.07, 6.45) is 2.68. The summed E-state index contributed by atoms with van der Waals surface area (Å²) in [5, 5.41) is 0. The Morgan fingerprint density at radius 3 is 2.92 bits per heavy atom. The van der Waals surface area contributed by atoms with E-state index in [-0.39, 0.29) is 6.61 Å². The van der Waals surface area contributed by atoms with Crippen LogP contribution < -0.4 is 0 Å². The van der Waals surface area contributed by atoms with Gasteiger partial charge >= 0.3 is 8.17 Å². The molecule has 1 rings (SSSR count). The van der Waals surface area contributed by atoms with E-state index >= 15 is 0 Å². The molecule has 2 N–H and O–H groups in total. The highest BCUT2D eigenvalue weighted by atomic mass is 31.2. The van der Waals surface area contributed by atoms with E-state index in [0.29, 0.717) is 12.4 Å². The van der Waals surface area contributed by atoms with Crippen molar-refractivity contribution in [3.8, 4) is 0 Å². The van der Waals surface area contributed by atoms with E-state index in [1.807, 2.05) is 6.08 Å². The summed E-state index contributed by atoms with van der Waals surface area (Å²) in [4.78, 5) is 17.8. The van der Waals surface area contributed by atoms with E-state index in [1.165, 1.54) is 7.11 Å². The predicted octanol–water partition coefficient (Wildman–Crippen LogP) is 0.616. The second-order valence-corrected chi connectivity index (χ2v) is 3.86. The first-order valence-electron chi connectivity index (χ1n) is 3.51. The maximum atomic E-state index is 8.92. The van der Waals surface area contributed by atoms with Crippen LogP contribution in [0.1, 0.15) is 6.42 Å². The van der Waals surface area contributed by atoms with Gasteiger partial charge in [0.25, 0.3) is 0 Å². The monoisotopic (exact) mass is 195 g/mol. The van der Waals surface area contributed by atoms with Gasteiger partial charge in [0.2, 0.25) is 0 Å². The lowest BCUT2D eigenvalue weighted by Gasteiger charge is -2.06. The van der Waals surface area contributed by atoms with Crippen molar-refractivity contribution in [1.29, 1.82) is 0 Å². The lowest BCUT2D eigenvalue weighted by molar-refractivity contribution is 0.121. The van der Waals surface area contributed by atoms with Gasteiger partial charge in [-0.3, -0.25) is 0 Å². The number of hydrogen-bond donors (Lipinski definition) is 2. The molecule has 0 atom stereocenters. The zero-order valence-corrected chi connectivity index (χ0v) is 7.66. The van der Waals surface area contributed by atoms with Gasteiger partial charge in [0.05, 0.1) is 13.7 Å². The van der Waals surface area contributed by atoms with Gasteiger partial charge in [0.1, 0.15) is 5.76 Å². The van der Waals surface area contributed by atoms with Gasteiger partial charge in [0, 0.05) is 6.42 Å². The van der Waals surface area contributed by atoms with Crippen LogP contribution in [0.3, 0.4) is 0 Å². The lowest BCUT2D eigenvalue weighted by Crippen LogP contribution is -2.03. The average Bonchev–Trinajstić information content (AvgIpc) is 2.53. The number of rotatable bonds is 4. The van der Waals surface area contributed by atoms with Crippen molar-refractivity contribution in [1.82, 2.24) is 0 Å². The van der Waals surface area contributed by atoms with Crippen molar-refractivity contribution in [2.24, 2.45) is 0 Å². The summed E-state index contributed by atoms with van der Waals surface area (Å²) in [5.74, 6) is 0.625. The average molecular weight is 195 g/mol. The van der Waals surface area contributed by atoms with E-state index in [1.54, 1.807) is 0 Å². The second kappa shape index (κ2) is 4.16. The maximum Gasteiger partial charge on any atom is 0.570 e. The van der Waals surface area contributed by atoms with Crippen molar-refractivity contribution in [3.05, 3.63) is 11.8 Å². The fourth-order valence-electron chi connectivity index (χ4n) is 0.770. The summed E-state index contributed by atoms with van der Waals surface area (Å²) in [7, 11) is -2.42. The molecule has 0 amide bonds. The molecule has 70 valence electrons. The Hall–Kier alpha value is -0.190. The SMILES string of the molecule is CO[P+](O)(O)OCC1=CCCO1. The minimum Gasteiger partial charge on any atom is -0.495 e. The Morgan fingerprint density at radius 1 is 1.67 bits per heavy atom. The minimum absolute atomic E-state index is 0.0502. The molecule has 0 unspecified atom stereocenters. The van der Waals surface area contributed by atoms with Gasteiger partial charge in [-0.1, -0.05) is 0 Å². The highest BCUT2D eigenvalue weighted by Gasteiger charge is 2.38. The van der Waals surface area contributed by atoms with E-state index < -0.39 is 8.17 Å². The van der Waals surface area contributed by atoms with Crippen molar-refractivity contribution < 1.29 is 23.6 Å². The first-order valence-corrected chi connectivity index (χ1v) is 5.04. The van der Waals surface area contributed by atoms with E-state index in [0.717, 1.165) is 6.42 Å². The summed E-state index contributed by atoms with van der Waals surface area (Å²) >= 11 is 0. The lowest BCUT2D eigenvalue weighted by atomic mass is 10.4. The number of ether oxygens (including phenoxy) is 1. The molecule has 0 aromatic carbocycles. The molecule has 12 heavy (non-hydrogen) atoms. The second-order valence-electron chi connectivity index (χ2n) is 2.25. The molecule has 5 nitrogen and oxygen atoms in total. The predicted molar refractivity (Wildman–Crippen MR) is 43.0 cm³/mol. The first-order chi connectivity index (χ1) is 5.64. The maximum absolute atomic E-state index is 8.92. The Morgan fingerprint density at radius 2 is 2.42 bits per heavy atom. The molecular weight excluding hydrogens is 183 g/mol. The summed E-state index contributed by atoms with van der Waals surface area (Å²) in [6, 6.07) is 0. The Balaban J connectivity index is 2.24. The van der Waals surface area contributed by atoms with Crippen LogP contribution in [0.2, 0.25) is 0 Å². The normalized spacial score (nSPS) is 17.4. The Bertz CT molecular complexity index is 179. The molecular formula is C6H12O5P+. The van der Waals surface area contributed by atoms with Gasteiger partial charge in [0.15, 0.2) is 6.61 Å². The zero-order chi connectivity index (χ0) is 9.03. The fourth-order valence-corrected chi connectivity index (χ4v) is 1.17. The molecule has 6 heteroatoms. The van der Waals surface area contributed by atoms with Crippen LogP contribution in [0.15, 0.2) is 11.8 Å². The molecule has 0 saturated heterocycles. The van der Waals surface area contributed by atoms with Gasteiger partial charge in [-0.25, -0.2) is 0 Å². The Kier molecular flexibility index (Phi) is 3.43. The largest absolute Gasteiger partial charge is 0.570 e. The van der Waals surface area contributed by atoms with Crippen molar-refractivity contribution in [2.45, 2.75) is 6.42 Å². The van der Waals surface area contributed by atoms with Crippen LogP contribution in [0.5, 0.6) is 0 Å². The smallest absolute Gasteiger partial charge is 0.495 e. The molecule has 0 aromatic rings. The molecule has 1 heterocycles. The summed E-state index contributed by atoms with van der Waals surface area (Å²) < 4.78 is 14.1. The molecule has 0 fully saturated rings. The minimum atomic E-state index is -3.60. The fraction of sp³-hybridized carbons (Fsp3) is 0.667. The molecule has 0 saturated carbocycles.